The molecule has 0 fully saturated rings. The average molecular weight is 341 g/mol. The number of carbonyl (C=O) groups excluding carboxylic acids is 1. The van der Waals surface area contributed by atoms with Crippen LogP contribution in [0.1, 0.15) is 5.56 Å². The van der Waals surface area contributed by atoms with Gasteiger partial charge in [0.1, 0.15) is 5.82 Å². The molecule has 0 aliphatic rings. The number of hydrogen-bond acceptors (Lipinski definition) is 3. The van der Waals surface area contributed by atoms with E-state index in [1.165, 1.54) is 18.3 Å². The highest BCUT2D eigenvalue weighted by molar-refractivity contribution is 6.31. The van der Waals surface area contributed by atoms with Crippen molar-refractivity contribution < 1.29 is 14.0 Å². The van der Waals surface area contributed by atoms with Crippen LogP contribution in [-0.2, 0) is 9.63 Å². The molecule has 114 valence electrons. The van der Waals surface area contributed by atoms with Gasteiger partial charge in [0, 0.05) is 10.7 Å². The molecule has 0 saturated heterocycles. The van der Waals surface area contributed by atoms with Crippen molar-refractivity contribution in [2.75, 3.05) is 11.9 Å². The highest BCUT2D eigenvalue weighted by Crippen LogP contribution is 2.19. The number of anilines is 1. The number of nitrogens with zero attached hydrogens (tertiary/aromatic N) is 1. The maximum absolute atomic E-state index is 13.0. The summed E-state index contributed by atoms with van der Waals surface area (Å²) in [5.74, 6) is -0.987. The van der Waals surface area contributed by atoms with Crippen LogP contribution in [0.5, 0.6) is 0 Å². The molecule has 2 rings (SSSR count). The topological polar surface area (TPSA) is 50.7 Å². The smallest absolute Gasteiger partial charge is 0.265 e. The second-order valence-electron chi connectivity index (χ2n) is 4.24. The van der Waals surface area contributed by atoms with Crippen LogP contribution in [0.3, 0.4) is 0 Å². The predicted octanol–water partition coefficient (Wildman–Crippen LogP) is 4.12. The molecule has 0 aromatic heterocycles. The molecule has 1 amide bonds. The monoisotopic (exact) mass is 340 g/mol. The van der Waals surface area contributed by atoms with Crippen molar-refractivity contribution in [2.45, 2.75) is 0 Å². The van der Waals surface area contributed by atoms with Crippen LogP contribution in [-0.4, -0.2) is 18.7 Å². The molecule has 0 spiro atoms. The number of hydrogen-bond donors (Lipinski definition) is 1. The number of carbonyl (C=O) groups is 1. The maximum atomic E-state index is 13.0. The zero-order chi connectivity index (χ0) is 15.9. The Kier molecular flexibility index (Phi) is 5.75. The molecule has 2 aromatic rings. The van der Waals surface area contributed by atoms with E-state index in [9.17, 15) is 9.18 Å². The third-order valence-corrected chi connectivity index (χ3v) is 3.09. The van der Waals surface area contributed by atoms with Gasteiger partial charge in [-0.1, -0.05) is 40.5 Å². The molecule has 22 heavy (non-hydrogen) atoms. The first-order chi connectivity index (χ1) is 10.5. The van der Waals surface area contributed by atoms with Gasteiger partial charge < -0.3 is 10.2 Å². The van der Waals surface area contributed by atoms with Crippen molar-refractivity contribution >= 4 is 41.0 Å². The van der Waals surface area contributed by atoms with Gasteiger partial charge in [-0.3, -0.25) is 4.79 Å². The molecule has 4 nitrogen and oxygen atoms in total. The number of nitrogens with one attached hydrogen (secondary N) is 1. The number of rotatable bonds is 5. The highest BCUT2D eigenvalue weighted by atomic mass is 35.5. The van der Waals surface area contributed by atoms with Gasteiger partial charge in [0.05, 0.1) is 11.2 Å². The number of amides is 1. The van der Waals surface area contributed by atoms with E-state index in [-0.39, 0.29) is 11.6 Å². The molecule has 0 unspecified atom stereocenters. The summed E-state index contributed by atoms with van der Waals surface area (Å²) in [5, 5.41) is 6.73. The second kappa shape index (κ2) is 7.77. The lowest BCUT2D eigenvalue weighted by Crippen LogP contribution is -2.17. The van der Waals surface area contributed by atoms with Gasteiger partial charge >= 0.3 is 0 Å². The zero-order valence-electron chi connectivity index (χ0n) is 11.2. The van der Waals surface area contributed by atoms with E-state index in [1.54, 1.807) is 24.3 Å². The first-order valence-electron chi connectivity index (χ1n) is 6.20. The Morgan fingerprint density at radius 3 is 2.64 bits per heavy atom. The molecule has 0 aliphatic carbocycles. The normalized spacial score (nSPS) is 10.7. The van der Waals surface area contributed by atoms with Gasteiger partial charge in [-0.2, -0.15) is 0 Å². The van der Waals surface area contributed by atoms with Crippen molar-refractivity contribution in [1.29, 1.82) is 0 Å². The maximum Gasteiger partial charge on any atom is 0.265 e. The Morgan fingerprint density at radius 2 is 1.95 bits per heavy atom. The summed E-state index contributed by atoms with van der Waals surface area (Å²) in [7, 11) is 0. The van der Waals surface area contributed by atoms with Gasteiger partial charge in [0.25, 0.3) is 5.91 Å². The van der Waals surface area contributed by atoms with Crippen molar-refractivity contribution in [2.24, 2.45) is 5.16 Å². The molecule has 2 aromatic carbocycles. The molecule has 7 heteroatoms. The summed E-state index contributed by atoms with van der Waals surface area (Å²) >= 11 is 11.4. The molecule has 0 bridgehead atoms. The van der Waals surface area contributed by atoms with Crippen LogP contribution in [0.2, 0.25) is 10.0 Å². The fourth-order valence-electron chi connectivity index (χ4n) is 1.51. The van der Waals surface area contributed by atoms with Crippen LogP contribution in [0.15, 0.2) is 47.6 Å². The first kappa shape index (κ1) is 16.3. The van der Waals surface area contributed by atoms with Crippen molar-refractivity contribution in [1.82, 2.24) is 0 Å². The highest BCUT2D eigenvalue weighted by Gasteiger charge is 2.05. The second-order valence-corrected chi connectivity index (χ2v) is 5.08. The third-order valence-electron chi connectivity index (χ3n) is 2.55. The lowest BCUT2D eigenvalue weighted by Gasteiger charge is -2.05. The van der Waals surface area contributed by atoms with Gasteiger partial charge in [-0.05, 0) is 35.9 Å². The predicted molar refractivity (Wildman–Crippen MR) is 85.0 cm³/mol. The fourth-order valence-corrected chi connectivity index (χ4v) is 1.82. The van der Waals surface area contributed by atoms with E-state index >= 15 is 0 Å². The third kappa shape index (κ3) is 5.02. The summed E-state index contributed by atoms with van der Waals surface area (Å²) in [6.07, 6.45) is 1.46. The van der Waals surface area contributed by atoms with Crippen LogP contribution in [0.4, 0.5) is 10.1 Å². The van der Waals surface area contributed by atoms with Crippen LogP contribution in [0.25, 0.3) is 0 Å². The van der Waals surface area contributed by atoms with Gasteiger partial charge in [-0.15, -0.1) is 0 Å². The summed E-state index contributed by atoms with van der Waals surface area (Å²) in [4.78, 5) is 16.5. The molecule has 0 radical (unpaired) electrons. The minimum absolute atomic E-state index is 0.0699. The molecule has 0 heterocycles. The van der Waals surface area contributed by atoms with E-state index in [1.807, 2.05) is 0 Å². The Hall–Kier alpha value is -2.11. The quantitative estimate of drug-likeness (QED) is 0.657. The van der Waals surface area contributed by atoms with Gasteiger partial charge in [0.2, 0.25) is 0 Å². The Bertz CT molecular complexity index is 690. The van der Waals surface area contributed by atoms with Crippen molar-refractivity contribution in [3.8, 4) is 0 Å². The standard InChI is InChI=1S/C15H11Cl2FN2O2/c16-11-3-1-10(2-4-11)8-19-22-9-15(21)20-12-5-6-14(18)13(17)7-12/h1-8H,9H2,(H,20,21)/b19-8-. The van der Waals surface area contributed by atoms with Crippen LogP contribution >= 0.6 is 23.2 Å². The van der Waals surface area contributed by atoms with E-state index in [2.05, 4.69) is 10.5 Å². The summed E-state index contributed by atoms with van der Waals surface area (Å²) in [6.45, 7) is -0.279. The van der Waals surface area contributed by atoms with Crippen molar-refractivity contribution in [3.63, 3.8) is 0 Å². The average Bonchev–Trinajstić information content (AvgIpc) is 2.49. The van der Waals surface area contributed by atoms with E-state index in [0.29, 0.717) is 10.7 Å². The van der Waals surface area contributed by atoms with E-state index < -0.39 is 11.7 Å². The van der Waals surface area contributed by atoms with E-state index in [0.717, 1.165) is 11.6 Å². The molecular formula is C15H11Cl2FN2O2. The zero-order valence-corrected chi connectivity index (χ0v) is 12.7. The molecule has 1 N–H and O–H groups in total. The first-order valence-corrected chi connectivity index (χ1v) is 6.96. The SMILES string of the molecule is O=C(CO/N=C\c1ccc(Cl)cc1)Nc1ccc(F)c(Cl)c1. The van der Waals surface area contributed by atoms with Crippen LogP contribution < -0.4 is 5.32 Å². The Balaban J connectivity index is 1.80. The van der Waals surface area contributed by atoms with E-state index in [4.69, 9.17) is 28.0 Å². The lowest BCUT2D eigenvalue weighted by atomic mass is 10.2. The summed E-state index contributed by atoms with van der Waals surface area (Å²) in [5.41, 5.74) is 1.16. The minimum atomic E-state index is -0.552. The van der Waals surface area contributed by atoms with Gasteiger partial charge in [-0.25, -0.2) is 4.39 Å². The number of oxime groups is 1. The number of halogens is 3. The van der Waals surface area contributed by atoms with Crippen molar-refractivity contribution in [3.05, 3.63) is 63.9 Å². The molecule has 0 atom stereocenters. The Labute approximate surface area is 136 Å². The summed E-state index contributed by atoms with van der Waals surface area (Å²) < 4.78 is 13.0. The van der Waals surface area contributed by atoms with Crippen LogP contribution in [0, 0.1) is 5.82 Å². The summed E-state index contributed by atoms with van der Waals surface area (Å²) in [6, 6.07) is 10.8. The molecule has 0 saturated carbocycles. The minimum Gasteiger partial charge on any atom is -0.386 e. The fraction of sp³-hybridized carbons (Fsp3) is 0.0667. The largest absolute Gasteiger partial charge is 0.386 e. The molecule has 0 aliphatic heterocycles. The van der Waals surface area contributed by atoms with Gasteiger partial charge in [0.15, 0.2) is 6.61 Å². The lowest BCUT2D eigenvalue weighted by molar-refractivity contribution is -0.120. The Morgan fingerprint density at radius 1 is 1.23 bits per heavy atom. The number of benzene rings is 2. The molecular weight excluding hydrogens is 330 g/mol.